The Balaban J connectivity index is 1.95. The molecule has 6 heteroatoms. The number of hydrogen-bond donors (Lipinski definition) is 0. The largest absolute Gasteiger partial charge is 0.295 e. The van der Waals surface area contributed by atoms with Crippen molar-refractivity contribution in [3.63, 3.8) is 0 Å². The van der Waals surface area contributed by atoms with Gasteiger partial charge < -0.3 is 0 Å². The molecule has 0 bridgehead atoms. The SMILES string of the molecule is CC(=O)c1ccc(S(=O)(=O)N2CCc3sccc3C2C)cc1. The molecule has 22 heavy (non-hydrogen) atoms. The number of benzene rings is 1. The van der Waals surface area contributed by atoms with Crippen molar-refractivity contribution in [3.05, 3.63) is 51.7 Å². The molecule has 0 spiro atoms. The maximum atomic E-state index is 12.9. The number of fused-ring (bicyclic) bond motifs is 1. The zero-order chi connectivity index (χ0) is 15.9. The van der Waals surface area contributed by atoms with Crippen LogP contribution in [-0.4, -0.2) is 25.1 Å². The van der Waals surface area contributed by atoms with Gasteiger partial charge in [-0.15, -0.1) is 11.3 Å². The number of ketones is 1. The molecule has 0 fully saturated rings. The Labute approximate surface area is 134 Å². The molecule has 1 aromatic carbocycles. The first-order valence-corrected chi connectivity index (χ1v) is 9.42. The predicted molar refractivity (Wildman–Crippen MR) is 86.8 cm³/mol. The molecular formula is C16H17NO3S2. The van der Waals surface area contributed by atoms with Gasteiger partial charge in [0.05, 0.1) is 4.90 Å². The number of nitrogens with zero attached hydrogens (tertiary/aromatic N) is 1. The number of thiophene rings is 1. The summed E-state index contributed by atoms with van der Waals surface area (Å²) in [6.45, 7) is 3.88. The molecule has 0 aliphatic carbocycles. The van der Waals surface area contributed by atoms with E-state index >= 15 is 0 Å². The number of sulfonamides is 1. The second-order valence-electron chi connectivity index (χ2n) is 5.42. The molecule has 116 valence electrons. The quantitative estimate of drug-likeness (QED) is 0.809. The third-order valence-corrected chi connectivity index (χ3v) is 7.07. The van der Waals surface area contributed by atoms with Crippen LogP contribution >= 0.6 is 11.3 Å². The fourth-order valence-corrected chi connectivity index (χ4v) is 5.39. The van der Waals surface area contributed by atoms with Crippen LogP contribution < -0.4 is 0 Å². The molecule has 0 amide bonds. The van der Waals surface area contributed by atoms with Crippen LogP contribution in [0.2, 0.25) is 0 Å². The molecule has 0 N–H and O–H groups in total. The van der Waals surface area contributed by atoms with Crippen molar-refractivity contribution < 1.29 is 13.2 Å². The van der Waals surface area contributed by atoms with Crippen LogP contribution in [0.3, 0.4) is 0 Å². The number of Topliss-reactive ketones (excluding diaryl/α,β-unsaturated/α-hetero) is 1. The van der Waals surface area contributed by atoms with E-state index in [0.29, 0.717) is 12.1 Å². The van der Waals surface area contributed by atoms with Gasteiger partial charge in [-0.25, -0.2) is 8.42 Å². The van der Waals surface area contributed by atoms with Gasteiger partial charge in [0.1, 0.15) is 0 Å². The van der Waals surface area contributed by atoms with E-state index in [0.717, 1.165) is 12.0 Å². The van der Waals surface area contributed by atoms with Gasteiger partial charge in [0.25, 0.3) is 0 Å². The lowest BCUT2D eigenvalue weighted by Crippen LogP contribution is -2.38. The van der Waals surface area contributed by atoms with Crippen molar-refractivity contribution in [3.8, 4) is 0 Å². The Morgan fingerprint density at radius 1 is 1.23 bits per heavy atom. The maximum absolute atomic E-state index is 12.9. The van der Waals surface area contributed by atoms with Crippen LogP contribution in [0.4, 0.5) is 0 Å². The summed E-state index contributed by atoms with van der Waals surface area (Å²) in [5.41, 5.74) is 1.62. The van der Waals surface area contributed by atoms with Gasteiger partial charge in [0.2, 0.25) is 10.0 Å². The minimum absolute atomic E-state index is 0.0711. The van der Waals surface area contributed by atoms with Crippen LogP contribution in [0.25, 0.3) is 0 Å². The van der Waals surface area contributed by atoms with Crippen molar-refractivity contribution in [2.75, 3.05) is 6.54 Å². The molecular weight excluding hydrogens is 318 g/mol. The molecule has 1 aliphatic heterocycles. The molecule has 0 saturated carbocycles. The summed E-state index contributed by atoms with van der Waals surface area (Å²) in [4.78, 5) is 12.8. The fourth-order valence-electron chi connectivity index (χ4n) is 2.81. The van der Waals surface area contributed by atoms with Crippen molar-refractivity contribution in [2.24, 2.45) is 0 Å². The van der Waals surface area contributed by atoms with Crippen LogP contribution in [0.1, 0.15) is 40.7 Å². The zero-order valence-electron chi connectivity index (χ0n) is 12.4. The van der Waals surface area contributed by atoms with E-state index in [1.165, 1.54) is 23.9 Å². The standard InChI is InChI=1S/C16H17NO3S2/c1-11-15-8-10-21-16(15)7-9-17(11)22(19,20)14-5-3-13(4-6-14)12(2)18/h3-6,8,10-11H,7,9H2,1-2H3. The molecule has 1 atom stereocenters. The highest BCUT2D eigenvalue weighted by Gasteiger charge is 2.34. The summed E-state index contributed by atoms with van der Waals surface area (Å²) in [5.74, 6) is -0.0711. The topological polar surface area (TPSA) is 54.5 Å². The van der Waals surface area contributed by atoms with Crippen molar-refractivity contribution in [1.82, 2.24) is 4.31 Å². The molecule has 3 rings (SSSR count). The maximum Gasteiger partial charge on any atom is 0.243 e. The monoisotopic (exact) mass is 335 g/mol. The van der Waals surface area contributed by atoms with Crippen molar-refractivity contribution in [2.45, 2.75) is 31.2 Å². The molecule has 2 aromatic rings. The summed E-state index contributed by atoms with van der Waals surface area (Å²) in [7, 11) is -3.55. The van der Waals surface area contributed by atoms with Gasteiger partial charge in [0, 0.05) is 23.0 Å². The zero-order valence-corrected chi connectivity index (χ0v) is 14.1. The molecule has 2 heterocycles. The Kier molecular flexibility index (Phi) is 3.92. The lowest BCUT2D eigenvalue weighted by Gasteiger charge is -2.32. The number of hydrogen-bond acceptors (Lipinski definition) is 4. The molecule has 0 radical (unpaired) electrons. The number of rotatable bonds is 3. The van der Waals surface area contributed by atoms with Gasteiger partial charge in [-0.3, -0.25) is 4.79 Å². The van der Waals surface area contributed by atoms with E-state index < -0.39 is 10.0 Å². The average molecular weight is 335 g/mol. The first kappa shape index (κ1) is 15.4. The van der Waals surface area contributed by atoms with Gasteiger partial charge in [0.15, 0.2) is 5.78 Å². The highest BCUT2D eigenvalue weighted by Crippen LogP contribution is 2.36. The van der Waals surface area contributed by atoms with Crippen LogP contribution in [0, 0.1) is 0 Å². The minimum Gasteiger partial charge on any atom is -0.295 e. The Bertz CT molecular complexity index is 806. The van der Waals surface area contributed by atoms with E-state index in [1.807, 2.05) is 18.4 Å². The van der Waals surface area contributed by atoms with Gasteiger partial charge in [-0.05, 0) is 49.4 Å². The minimum atomic E-state index is -3.55. The van der Waals surface area contributed by atoms with Crippen LogP contribution in [-0.2, 0) is 16.4 Å². The van der Waals surface area contributed by atoms with E-state index in [-0.39, 0.29) is 16.7 Å². The Morgan fingerprint density at radius 2 is 1.91 bits per heavy atom. The Hall–Kier alpha value is -1.50. The highest BCUT2D eigenvalue weighted by atomic mass is 32.2. The fraction of sp³-hybridized carbons (Fsp3) is 0.312. The van der Waals surface area contributed by atoms with Crippen molar-refractivity contribution >= 4 is 27.1 Å². The van der Waals surface area contributed by atoms with E-state index in [9.17, 15) is 13.2 Å². The first-order valence-electron chi connectivity index (χ1n) is 7.10. The van der Waals surface area contributed by atoms with Gasteiger partial charge >= 0.3 is 0 Å². The predicted octanol–water partition coefficient (Wildman–Crippen LogP) is 3.26. The van der Waals surface area contributed by atoms with Gasteiger partial charge in [-0.1, -0.05) is 12.1 Å². The average Bonchev–Trinajstić information content (AvgIpc) is 2.97. The van der Waals surface area contributed by atoms with E-state index in [2.05, 4.69) is 0 Å². The highest BCUT2D eigenvalue weighted by molar-refractivity contribution is 7.89. The van der Waals surface area contributed by atoms with Crippen LogP contribution in [0.5, 0.6) is 0 Å². The third kappa shape index (κ3) is 2.51. The second-order valence-corrected chi connectivity index (χ2v) is 8.31. The van der Waals surface area contributed by atoms with Gasteiger partial charge in [-0.2, -0.15) is 4.31 Å². The molecule has 1 unspecified atom stereocenters. The lowest BCUT2D eigenvalue weighted by molar-refractivity contribution is 0.101. The number of carbonyl (C=O) groups excluding carboxylic acids is 1. The second kappa shape index (κ2) is 5.61. The lowest BCUT2D eigenvalue weighted by atomic mass is 10.0. The third-order valence-electron chi connectivity index (χ3n) is 4.09. The summed E-state index contributed by atoms with van der Waals surface area (Å²) in [5, 5.41) is 2.01. The summed E-state index contributed by atoms with van der Waals surface area (Å²) < 4.78 is 27.3. The van der Waals surface area contributed by atoms with Crippen LogP contribution in [0.15, 0.2) is 40.6 Å². The summed E-state index contributed by atoms with van der Waals surface area (Å²) >= 11 is 1.68. The molecule has 4 nitrogen and oxygen atoms in total. The molecule has 0 saturated heterocycles. The molecule has 1 aliphatic rings. The first-order chi connectivity index (χ1) is 10.4. The number of carbonyl (C=O) groups is 1. The normalized spacial score (nSPS) is 18.9. The van der Waals surface area contributed by atoms with E-state index in [4.69, 9.17) is 0 Å². The molecule has 1 aromatic heterocycles. The summed E-state index contributed by atoms with van der Waals surface area (Å²) in [6, 6.07) is 8.02. The van der Waals surface area contributed by atoms with E-state index in [1.54, 1.807) is 27.8 Å². The summed E-state index contributed by atoms with van der Waals surface area (Å²) in [6.07, 6.45) is 0.752. The van der Waals surface area contributed by atoms with Crippen molar-refractivity contribution in [1.29, 1.82) is 0 Å². The Morgan fingerprint density at radius 3 is 2.55 bits per heavy atom. The smallest absolute Gasteiger partial charge is 0.243 e.